The highest BCUT2D eigenvalue weighted by Gasteiger charge is 2.27. The fourth-order valence-corrected chi connectivity index (χ4v) is 2.66. The lowest BCUT2D eigenvalue weighted by Gasteiger charge is -2.31. The topological polar surface area (TPSA) is 102 Å². The molecule has 122 valence electrons. The highest BCUT2D eigenvalue weighted by molar-refractivity contribution is 5.92. The van der Waals surface area contributed by atoms with Crippen LogP contribution in [0.15, 0.2) is 6.07 Å². The first-order chi connectivity index (χ1) is 10.5. The third-order valence-corrected chi connectivity index (χ3v) is 3.68. The van der Waals surface area contributed by atoms with Crippen LogP contribution in [0, 0.1) is 5.92 Å². The average Bonchev–Trinajstić information content (AvgIpc) is 2.46. The molecule has 2 heterocycles. The fraction of sp³-hybridized carbons (Fsp3) is 0.667. The van der Waals surface area contributed by atoms with Crippen LogP contribution in [0.25, 0.3) is 0 Å². The van der Waals surface area contributed by atoms with Crippen LogP contribution in [0.2, 0.25) is 0 Å². The average molecular weight is 307 g/mol. The Morgan fingerprint density at radius 3 is 3.00 bits per heavy atom. The van der Waals surface area contributed by atoms with E-state index in [2.05, 4.69) is 34.4 Å². The van der Waals surface area contributed by atoms with Gasteiger partial charge in [0.05, 0.1) is 12.1 Å². The Morgan fingerprint density at radius 1 is 1.55 bits per heavy atom. The lowest BCUT2D eigenvalue weighted by Crippen LogP contribution is -2.54. The van der Waals surface area contributed by atoms with Gasteiger partial charge >= 0.3 is 0 Å². The molecule has 0 spiro atoms. The first-order valence-electron chi connectivity index (χ1n) is 7.67. The van der Waals surface area contributed by atoms with E-state index in [0.717, 1.165) is 25.1 Å². The summed E-state index contributed by atoms with van der Waals surface area (Å²) in [6.45, 7) is 5.76. The second kappa shape index (κ2) is 7.51. The van der Waals surface area contributed by atoms with Crippen molar-refractivity contribution in [2.24, 2.45) is 5.92 Å². The van der Waals surface area contributed by atoms with Gasteiger partial charge in [0, 0.05) is 19.3 Å². The summed E-state index contributed by atoms with van der Waals surface area (Å²) in [5.74, 6) is 0.328. The summed E-state index contributed by atoms with van der Waals surface area (Å²) in [5.41, 5.74) is 6.82. The van der Waals surface area contributed by atoms with Crippen molar-refractivity contribution in [2.45, 2.75) is 38.8 Å². The number of aromatic nitrogens is 2. The Balaban J connectivity index is 2.09. The number of hydrogen-bond donors (Lipinski definition) is 3. The van der Waals surface area contributed by atoms with Crippen molar-refractivity contribution in [3.05, 3.63) is 17.5 Å². The largest absolute Gasteiger partial charge is 0.379 e. The van der Waals surface area contributed by atoms with E-state index in [0.29, 0.717) is 18.2 Å². The monoisotopic (exact) mass is 307 g/mol. The molecule has 7 nitrogen and oxygen atoms in total. The molecule has 2 rings (SSSR count). The molecule has 2 atom stereocenters. The Labute approximate surface area is 131 Å². The first kappa shape index (κ1) is 16.6. The SMILES string of the molecule is CO[C@@H]1CCNC[C@@H]1NC(=O)c1cc(CC(C)C)nc(N)n1. The maximum Gasteiger partial charge on any atom is 0.270 e. The summed E-state index contributed by atoms with van der Waals surface area (Å²) in [6, 6.07) is 1.64. The number of hydrogen-bond acceptors (Lipinski definition) is 6. The molecule has 22 heavy (non-hydrogen) atoms. The van der Waals surface area contributed by atoms with Crippen LogP contribution in [0.5, 0.6) is 0 Å². The van der Waals surface area contributed by atoms with Crippen molar-refractivity contribution < 1.29 is 9.53 Å². The summed E-state index contributed by atoms with van der Waals surface area (Å²) in [5, 5.41) is 6.22. The van der Waals surface area contributed by atoms with Gasteiger partial charge in [-0.25, -0.2) is 9.97 Å². The molecule has 1 amide bonds. The summed E-state index contributed by atoms with van der Waals surface area (Å²) < 4.78 is 5.43. The third-order valence-electron chi connectivity index (χ3n) is 3.68. The van der Waals surface area contributed by atoms with Gasteiger partial charge in [0.1, 0.15) is 5.69 Å². The molecule has 7 heteroatoms. The van der Waals surface area contributed by atoms with Gasteiger partial charge in [-0.2, -0.15) is 0 Å². The zero-order valence-corrected chi connectivity index (χ0v) is 13.4. The second-order valence-corrected chi connectivity index (χ2v) is 6.05. The Bertz CT molecular complexity index is 521. The maximum atomic E-state index is 12.4. The molecular weight excluding hydrogens is 282 g/mol. The Hall–Kier alpha value is -1.73. The smallest absolute Gasteiger partial charge is 0.270 e. The highest BCUT2D eigenvalue weighted by atomic mass is 16.5. The molecular formula is C15H25N5O2. The molecule has 1 aliphatic heterocycles. The summed E-state index contributed by atoms with van der Waals surface area (Å²) in [7, 11) is 1.67. The lowest BCUT2D eigenvalue weighted by molar-refractivity contribution is 0.0446. The normalized spacial score (nSPS) is 21.8. The number of rotatable bonds is 5. The molecule has 0 aromatic carbocycles. The Morgan fingerprint density at radius 2 is 2.32 bits per heavy atom. The molecule has 0 aliphatic carbocycles. The number of nitrogens with one attached hydrogen (secondary N) is 2. The van der Waals surface area contributed by atoms with E-state index < -0.39 is 0 Å². The minimum absolute atomic E-state index is 0.0134. The van der Waals surface area contributed by atoms with E-state index in [-0.39, 0.29) is 24.0 Å². The van der Waals surface area contributed by atoms with Gasteiger partial charge in [-0.3, -0.25) is 4.79 Å². The van der Waals surface area contributed by atoms with E-state index in [1.807, 2.05) is 0 Å². The van der Waals surface area contributed by atoms with Gasteiger partial charge < -0.3 is 21.1 Å². The minimum atomic E-state index is -0.241. The van der Waals surface area contributed by atoms with Crippen molar-refractivity contribution >= 4 is 11.9 Å². The second-order valence-electron chi connectivity index (χ2n) is 6.05. The van der Waals surface area contributed by atoms with Crippen LogP contribution in [-0.4, -0.2) is 48.2 Å². The van der Waals surface area contributed by atoms with Crippen molar-refractivity contribution in [3.8, 4) is 0 Å². The number of nitrogen functional groups attached to an aromatic ring is 1. The van der Waals surface area contributed by atoms with Gasteiger partial charge in [-0.1, -0.05) is 13.8 Å². The molecule has 1 aromatic rings. The molecule has 0 unspecified atom stereocenters. The molecule has 4 N–H and O–H groups in total. The van der Waals surface area contributed by atoms with Gasteiger partial charge in [-0.15, -0.1) is 0 Å². The summed E-state index contributed by atoms with van der Waals surface area (Å²) in [6.07, 6.45) is 1.64. The quantitative estimate of drug-likeness (QED) is 0.726. The predicted octanol–water partition coefficient (Wildman–Crippen LogP) is 0.364. The van der Waals surface area contributed by atoms with E-state index >= 15 is 0 Å². The molecule has 0 bridgehead atoms. The zero-order valence-electron chi connectivity index (χ0n) is 13.4. The highest BCUT2D eigenvalue weighted by Crippen LogP contribution is 2.11. The van der Waals surface area contributed by atoms with Crippen LogP contribution >= 0.6 is 0 Å². The molecule has 0 saturated carbocycles. The molecule has 1 saturated heterocycles. The van der Waals surface area contributed by atoms with Gasteiger partial charge in [0.25, 0.3) is 5.91 Å². The van der Waals surface area contributed by atoms with E-state index in [1.165, 1.54) is 0 Å². The molecule has 1 fully saturated rings. The van der Waals surface area contributed by atoms with Crippen molar-refractivity contribution in [3.63, 3.8) is 0 Å². The van der Waals surface area contributed by atoms with Crippen LogP contribution < -0.4 is 16.4 Å². The number of nitrogens with zero attached hydrogens (tertiary/aromatic N) is 2. The first-order valence-corrected chi connectivity index (χ1v) is 7.67. The van der Waals surface area contributed by atoms with Crippen molar-refractivity contribution in [2.75, 3.05) is 25.9 Å². The van der Waals surface area contributed by atoms with Crippen LogP contribution in [0.1, 0.15) is 36.5 Å². The standard InChI is InChI=1S/C15H25N5O2/c1-9(2)6-10-7-11(20-15(16)18-10)14(21)19-12-8-17-5-4-13(12)22-3/h7,9,12-13,17H,4-6,8H2,1-3H3,(H,19,21)(H2,16,18,20)/t12-,13+/m0/s1. The number of piperidine rings is 1. The number of carbonyl (C=O) groups is 1. The van der Waals surface area contributed by atoms with Gasteiger partial charge in [0.2, 0.25) is 5.95 Å². The van der Waals surface area contributed by atoms with Crippen molar-refractivity contribution in [1.82, 2.24) is 20.6 Å². The number of methoxy groups -OCH3 is 1. The number of ether oxygens (including phenoxy) is 1. The minimum Gasteiger partial charge on any atom is -0.379 e. The van der Waals surface area contributed by atoms with E-state index in [9.17, 15) is 4.79 Å². The lowest BCUT2D eigenvalue weighted by atomic mass is 10.0. The fourth-order valence-electron chi connectivity index (χ4n) is 2.66. The van der Waals surface area contributed by atoms with Gasteiger partial charge in [0.15, 0.2) is 0 Å². The van der Waals surface area contributed by atoms with Crippen LogP contribution in [0.3, 0.4) is 0 Å². The molecule has 1 aliphatic rings. The van der Waals surface area contributed by atoms with Gasteiger partial charge in [-0.05, 0) is 31.4 Å². The summed E-state index contributed by atoms with van der Waals surface area (Å²) in [4.78, 5) is 20.7. The number of anilines is 1. The Kier molecular flexibility index (Phi) is 5.68. The van der Waals surface area contributed by atoms with Crippen LogP contribution in [-0.2, 0) is 11.2 Å². The summed E-state index contributed by atoms with van der Waals surface area (Å²) >= 11 is 0. The predicted molar refractivity (Wildman–Crippen MR) is 84.5 cm³/mol. The number of carbonyl (C=O) groups excluding carboxylic acids is 1. The zero-order chi connectivity index (χ0) is 16.1. The number of amides is 1. The van der Waals surface area contributed by atoms with Crippen molar-refractivity contribution in [1.29, 1.82) is 0 Å². The molecule has 0 radical (unpaired) electrons. The third kappa shape index (κ3) is 4.38. The molecule has 1 aromatic heterocycles. The van der Waals surface area contributed by atoms with E-state index in [4.69, 9.17) is 10.5 Å². The van der Waals surface area contributed by atoms with Crippen LogP contribution in [0.4, 0.5) is 5.95 Å². The number of nitrogens with two attached hydrogens (primary N) is 1. The van der Waals surface area contributed by atoms with E-state index in [1.54, 1.807) is 13.2 Å². The maximum absolute atomic E-state index is 12.4.